The molecule has 0 aliphatic heterocycles. The van der Waals surface area contributed by atoms with Crippen molar-refractivity contribution in [2.45, 2.75) is 0 Å². The van der Waals surface area contributed by atoms with E-state index in [1.807, 2.05) is 0 Å². The maximum absolute atomic E-state index is 11.8. The van der Waals surface area contributed by atoms with Gasteiger partial charge < -0.3 is 15.8 Å². The maximum Gasteiger partial charge on any atom is 0.411 e. The first-order valence-electron chi connectivity index (χ1n) is 5.44. The highest BCUT2D eigenvalue weighted by Gasteiger charge is 2.15. The Labute approximate surface area is 113 Å². The number of nitrogens with zero attached hydrogens (tertiary/aromatic N) is 2. The number of rotatable bonds is 3. The average Bonchev–Trinajstić information content (AvgIpc) is 2.87. The molecule has 9 heteroatoms. The Bertz CT molecular complexity index is 622. The van der Waals surface area contributed by atoms with Gasteiger partial charge in [0.2, 0.25) is 11.5 Å². The summed E-state index contributed by atoms with van der Waals surface area (Å²) in [5, 5.41) is 11.7. The number of nitrogens with one attached hydrogen (secondary N) is 2. The summed E-state index contributed by atoms with van der Waals surface area (Å²) in [7, 11) is 1.26. The van der Waals surface area contributed by atoms with Gasteiger partial charge in [0.05, 0.1) is 7.11 Å². The van der Waals surface area contributed by atoms with E-state index in [1.54, 1.807) is 24.3 Å². The van der Waals surface area contributed by atoms with Gasteiger partial charge in [-0.3, -0.25) is 10.1 Å². The van der Waals surface area contributed by atoms with Crippen molar-refractivity contribution in [2.24, 2.45) is 0 Å². The van der Waals surface area contributed by atoms with Crippen LogP contribution in [0, 0.1) is 0 Å². The summed E-state index contributed by atoms with van der Waals surface area (Å²) in [5.74, 6) is -0.635. The van der Waals surface area contributed by atoms with Gasteiger partial charge in [-0.15, -0.1) is 0 Å². The molecular weight excluding hydrogens is 266 g/mol. The van der Waals surface area contributed by atoms with Crippen molar-refractivity contribution in [3.05, 3.63) is 30.0 Å². The van der Waals surface area contributed by atoms with Gasteiger partial charge in [0.25, 0.3) is 5.91 Å². The molecule has 0 fully saturated rings. The predicted octanol–water partition coefficient (Wildman–Crippen LogP) is 1.08. The molecule has 0 spiro atoms. The number of nitrogen functional groups attached to an aromatic ring is 1. The molecule has 0 radical (unpaired) electrons. The minimum absolute atomic E-state index is 0.0912. The smallest absolute Gasteiger partial charge is 0.411 e. The number of benzene rings is 1. The van der Waals surface area contributed by atoms with E-state index in [-0.39, 0.29) is 11.5 Å². The number of hydrogen-bond donors (Lipinski definition) is 3. The summed E-state index contributed by atoms with van der Waals surface area (Å²) in [5.41, 5.74) is 6.32. The van der Waals surface area contributed by atoms with Gasteiger partial charge in [0, 0.05) is 11.4 Å². The first kappa shape index (κ1) is 13.3. The van der Waals surface area contributed by atoms with Gasteiger partial charge in [-0.25, -0.2) is 9.42 Å². The topological polar surface area (TPSA) is 132 Å². The van der Waals surface area contributed by atoms with Gasteiger partial charge in [-0.05, 0) is 34.6 Å². The minimum atomic E-state index is -0.580. The predicted molar refractivity (Wildman–Crippen MR) is 69.1 cm³/mol. The zero-order valence-corrected chi connectivity index (χ0v) is 10.4. The van der Waals surface area contributed by atoms with Crippen molar-refractivity contribution >= 4 is 29.2 Å². The zero-order chi connectivity index (χ0) is 14.5. The number of carbonyl (C=O) groups excluding carboxylic acids is 2. The highest BCUT2D eigenvalue weighted by molar-refractivity contribution is 6.05. The van der Waals surface area contributed by atoms with Crippen molar-refractivity contribution in [1.82, 2.24) is 10.3 Å². The van der Waals surface area contributed by atoms with Crippen LogP contribution in [0.2, 0.25) is 0 Å². The van der Waals surface area contributed by atoms with Crippen LogP contribution in [0.1, 0.15) is 10.5 Å². The Morgan fingerprint density at radius 1 is 1.15 bits per heavy atom. The molecule has 0 saturated carbocycles. The van der Waals surface area contributed by atoms with Crippen molar-refractivity contribution in [3.63, 3.8) is 0 Å². The molecule has 0 bridgehead atoms. The van der Waals surface area contributed by atoms with E-state index < -0.39 is 12.0 Å². The summed E-state index contributed by atoms with van der Waals surface area (Å²) in [6.45, 7) is 0. The second-order valence-corrected chi connectivity index (χ2v) is 3.65. The lowest BCUT2D eigenvalue weighted by molar-refractivity contribution is 0.101. The normalized spacial score (nSPS) is 9.85. The van der Waals surface area contributed by atoms with Crippen LogP contribution in [0.25, 0.3) is 0 Å². The fraction of sp³-hybridized carbons (Fsp3) is 0.0909. The molecule has 1 aromatic heterocycles. The van der Waals surface area contributed by atoms with Crippen LogP contribution in [0.15, 0.2) is 28.9 Å². The Kier molecular flexibility index (Phi) is 3.80. The van der Waals surface area contributed by atoms with Crippen LogP contribution in [0.4, 0.5) is 22.0 Å². The lowest BCUT2D eigenvalue weighted by Gasteiger charge is -2.06. The molecule has 0 aliphatic carbocycles. The highest BCUT2D eigenvalue weighted by atomic mass is 16.6. The third-order valence-electron chi connectivity index (χ3n) is 2.30. The Morgan fingerprint density at radius 2 is 1.75 bits per heavy atom. The van der Waals surface area contributed by atoms with Gasteiger partial charge in [-0.1, -0.05) is 0 Å². The summed E-state index contributed by atoms with van der Waals surface area (Å²) in [6, 6.07) is 6.37. The van der Waals surface area contributed by atoms with E-state index in [2.05, 4.69) is 30.3 Å². The molecule has 2 rings (SSSR count). The standard InChI is InChI=1S/C11H11N5O4/c1-19-11(18)14-7-4-2-6(3-5-7)13-10(17)8-9(12)16-20-15-8/h2-5H,1H3,(H2,12,16)(H,13,17)(H,14,18). The third-order valence-corrected chi connectivity index (χ3v) is 2.30. The molecule has 1 aromatic carbocycles. The first-order chi connectivity index (χ1) is 9.60. The van der Waals surface area contributed by atoms with Crippen LogP contribution in [0.5, 0.6) is 0 Å². The van der Waals surface area contributed by atoms with Gasteiger partial charge in [0.15, 0.2) is 0 Å². The zero-order valence-electron chi connectivity index (χ0n) is 10.4. The van der Waals surface area contributed by atoms with Crippen LogP contribution in [-0.2, 0) is 4.74 Å². The van der Waals surface area contributed by atoms with Crippen LogP contribution in [-0.4, -0.2) is 29.4 Å². The lowest BCUT2D eigenvalue weighted by Crippen LogP contribution is -2.14. The summed E-state index contributed by atoms with van der Waals surface area (Å²) >= 11 is 0. The number of nitrogens with two attached hydrogens (primary N) is 1. The molecule has 0 atom stereocenters. The maximum atomic E-state index is 11.8. The van der Waals surface area contributed by atoms with Crippen LogP contribution < -0.4 is 16.4 Å². The highest BCUT2D eigenvalue weighted by Crippen LogP contribution is 2.15. The van der Waals surface area contributed by atoms with Gasteiger partial charge in [-0.2, -0.15) is 0 Å². The quantitative estimate of drug-likeness (QED) is 0.764. The first-order valence-corrected chi connectivity index (χ1v) is 5.44. The number of amides is 2. The Hall–Kier alpha value is -3.10. The van der Waals surface area contributed by atoms with Crippen molar-refractivity contribution in [2.75, 3.05) is 23.5 Å². The van der Waals surface area contributed by atoms with E-state index in [0.717, 1.165) is 0 Å². The van der Waals surface area contributed by atoms with E-state index in [1.165, 1.54) is 7.11 Å². The van der Waals surface area contributed by atoms with Gasteiger partial charge >= 0.3 is 6.09 Å². The molecule has 2 amide bonds. The van der Waals surface area contributed by atoms with Crippen LogP contribution >= 0.6 is 0 Å². The van der Waals surface area contributed by atoms with E-state index in [9.17, 15) is 9.59 Å². The van der Waals surface area contributed by atoms with Crippen molar-refractivity contribution in [1.29, 1.82) is 0 Å². The summed E-state index contributed by atoms with van der Waals surface area (Å²) < 4.78 is 8.78. The van der Waals surface area contributed by atoms with Crippen LogP contribution in [0.3, 0.4) is 0 Å². The number of carbonyl (C=O) groups is 2. The molecule has 9 nitrogen and oxygen atoms in total. The number of methoxy groups -OCH3 is 1. The fourth-order valence-electron chi connectivity index (χ4n) is 1.35. The van der Waals surface area contributed by atoms with Gasteiger partial charge in [0.1, 0.15) is 0 Å². The minimum Gasteiger partial charge on any atom is -0.453 e. The molecule has 2 aromatic rings. The lowest BCUT2D eigenvalue weighted by atomic mass is 10.2. The second kappa shape index (κ2) is 5.69. The number of anilines is 3. The van der Waals surface area contributed by atoms with E-state index >= 15 is 0 Å². The van der Waals surface area contributed by atoms with Crippen molar-refractivity contribution < 1.29 is 19.0 Å². The molecule has 20 heavy (non-hydrogen) atoms. The number of hydrogen-bond acceptors (Lipinski definition) is 7. The van der Waals surface area contributed by atoms with Crippen molar-refractivity contribution in [3.8, 4) is 0 Å². The fourth-order valence-corrected chi connectivity index (χ4v) is 1.35. The molecule has 0 unspecified atom stereocenters. The van der Waals surface area contributed by atoms with E-state index in [4.69, 9.17) is 5.73 Å². The summed E-state index contributed by atoms with van der Waals surface area (Å²) in [4.78, 5) is 22.8. The number of ether oxygens (including phenoxy) is 1. The molecular formula is C11H11N5O4. The third kappa shape index (κ3) is 3.02. The van der Waals surface area contributed by atoms with E-state index in [0.29, 0.717) is 11.4 Å². The Balaban J connectivity index is 2.02. The molecule has 0 saturated heterocycles. The summed E-state index contributed by atoms with van der Waals surface area (Å²) in [6.07, 6.45) is -0.580. The molecule has 0 aliphatic rings. The monoisotopic (exact) mass is 277 g/mol. The molecule has 4 N–H and O–H groups in total. The Morgan fingerprint density at radius 3 is 2.25 bits per heavy atom. The SMILES string of the molecule is COC(=O)Nc1ccc(NC(=O)c2nonc2N)cc1. The molecule has 1 heterocycles. The second-order valence-electron chi connectivity index (χ2n) is 3.65. The molecule has 104 valence electrons. The number of aromatic nitrogens is 2. The largest absolute Gasteiger partial charge is 0.453 e. The average molecular weight is 277 g/mol.